The van der Waals surface area contributed by atoms with E-state index in [0.29, 0.717) is 40.5 Å². The fourth-order valence-corrected chi connectivity index (χ4v) is 5.44. The Morgan fingerprint density at radius 3 is 2.45 bits per heavy atom. The number of likely N-dealkylation sites (tertiary alicyclic amines) is 1. The third-order valence-electron chi connectivity index (χ3n) is 5.67. The van der Waals surface area contributed by atoms with Gasteiger partial charge in [0.1, 0.15) is 0 Å². The molecule has 0 radical (unpaired) electrons. The van der Waals surface area contributed by atoms with E-state index in [1.54, 1.807) is 49.1 Å². The molecule has 0 atom stereocenters. The SMILES string of the molecule is Cc1cc(Cl)ccc1NS(=O)(=O)c1cc(-c2noc(C(=O)N3CCCCCC3)n2)ccc1C. The molecule has 174 valence electrons. The third kappa shape index (κ3) is 5.20. The third-order valence-corrected chi connectivity index (χ3v) is 7.41. The van der Waals surface area contributed by atoms with Crippen molar-refractivity contribution in [3.63, 3.8) is 0 Å². The number of aryl methyl sites for hydroxylation is 2. The average Bonchev–Trinajstić information content (AvgIpc) is 3.10. The molecule has 1 aliphatic heterocycles. The van der Waals surface area contributed by atoms with Crippen LogP contribution in [-0.2, 0) is 10.0 Å². The Morgan fingerprint density at radius 2 is 1.76 bits per heavy atom. The molecule has 1 fully saturated rings. The Balaban J connectivity index is 1.60. The highest BCUT2D eigenvalue weighted by molar-refractivity contribution is 7.92. The van der Waals surface area contributed by atoms with Crippen LogP contribution in [0.15, 0.2) is 45.8 Å². The zero-order valence-electron chi connectivity index (χ0n) is 18.5. The normalized spacial score (nSPS) is 14.7. The summed E-state index contributed by atoms with van der Waals surface area (Å²) in [5, 5.41) is 4.45. The van der Waals surface area contributed by atoms with Gasteiger partial charge in [0.2, 0.25) is 5.82 Å². The molecular weight excluding hydrogens is 464 g/mol. The maximum absolute atomic E-state index is 13.1. The number of carbonyl (C=O) groups excluding carboxylic acids is 1. The van der Waals surface area contributed by atoms with E-state index in [-0.39, 0.29) is 22.5 Å². The number of rotatable bonds is 5. The lowest BCUT2D eigenvalue weighted by Crippen LogP contribution is -2.32. The number of hydrogen-bond donors (Lipinski definition) is 1. The second-order valence-corrected chi connectivity index (χ2v) is 10.3. The highest BCUT2D eigenvalue weighted by Gasteiger charge is 2.25. The smallest absolute Gasteiger partial charge is 0.316 e. The van der Waals surface area contributed by atoms with Crippen molar-refractivity contribution in [2.45, 2.75) is 44.4 Å². The molecule has 2 aromatic carbocycles. The molecular formula is C23H25ClN4O4S. The zero-order valence-corrected chi connectivity index (χ0v) is 20.0. The van der Waals surface area contributed by atoms with Crippen molar-refractivity contribution in [1.82, 2.24) is 15.0 Å². The summed E-state index contributed by atoms with van der Waals surface area (Å²) in [6.45, 7) is 4.81. The molecule has 1 N–H and O–H groups in total. The van der Waals surface area contributed by atoms with Crippen molar-refractivity contribution in [2.24, 2.45) is 0 Å². The van der Waals surface area contributed by atoms with Crippen molar-refractivity contribution < 1.29 is 17.7 Å². The van der Waals surface area contributed by atoms with Crippen LogP contribution < -0.4 is 4.72 Å². The molecule has 2 heterocycles. The van der Waals surface area contributed by atoms with Crippen LogP contribution in [0.5, 0.6) is 0 Å². The van der Waals surface area contributed by atoms with E-state index >= 15 is 0 Å². The quantitative estimate of drug-likeness (QED) is 0.551. The number of hydrogen-bond acceptors (Lipinski definition) is 6. The number of sulfonamides is 1. The maximum Gasteiger partial charge on any atom is 0.316 e. The molecule has 0 bridgehead atoms. The first-order valence-electron chi connectivity index (χ1n) is 10.8. The van der Waals surface area contributed by atoms with Crippen molar-refractivity contribution in [3.05, 3.63) is 58.4 Å². The minimum Gasteiger partial charge on any atom is -0.334 e. The lowest BCUT2D eigenvalue weighted by Gasteiger charge is -2.17. The van der Waals surface area contributed by atoms with E-state index < -0.39 is 10.0 Å². The van der Waals surface area contributed by atoms with Gasteiger partial charge in [-0.05, 0) is 62.1 Å². The Kier molecular flexibility index (Phi) is 6.71. The lowest BCUT2D eigenvalue weighted by atomic mass is 10.1. The van der Waals surface area contributed by atoms with Gasteiger partial charge in [0.15, 0.2) is 0 Å². The average molecular weight is 489 g/mol. The van der Waals surface area contributed by atoms with Gasteiger partial charge in [-0.3, -0.25) is 9.52 Å². The number of benzene rings is 2. The molecule has 1 aromatic heterocycles. The van der Waals surface area contributed by atoms with Crippen molar-refractivity contribution >= 4 is 33.2 Å². The summed E-state index contributed by atoms with van der Waals surface area (Å²) in [5.74, 6) is -0.227. The van der Waals surface area contributed by atoms with Crippen LogP contribution >= 0.6 is 11.6 Å². The first-order valence-corrected chi connectivity index (χ1v) is 12.6. The largest absolute Gasteiger partial charge is 0.334 e. The van der Waals surface area contributed by atoms with Gasteiger partial charge in [0.25, 0.3) is 10.0 Å². The fraction of sp³-hybridized carbons (Fsp3) is 0.348. The molecule has 1 amide bonds. The summed E-state index contributed by atoms with van der Waals surface area (Å²) in [6, 6.07) is 9.78. The van der Waals surface area contributed by atoms with E-state index in [9.17, 15) is 13.2 Å². The fourth-order valence-electron chi connectivity index (χ4n) is 3.81. The van der Waals surface area contributed by atoms with Crippen molar-refractivity contribution in [1.29, 1.82) is 0 Å². The van der Waals surface area contributed by atoms with E-state index in [4.69, 9.17) is 16.1 Å². The van der Waals surface area contributed by atoms with E-state index in [0.717, 1.165) is 25.7 Å². The monoisotopic (exact) mass is 488 g/mol. The van der Waals surface area contributed by atoms with Crippen molar-refractivity contribution in [3.8, 4) is 11.4 Å². The van der Waals surface area contributed by atoms with Gasteiger partial charge >= 0.3 is 11.8 Å². The molecule has 10 heteroatoms. The number of halogens is 1. The van der Waals surface area contributed by atoms with E-state index in [2.05, 4.69) is 14.9 Å². The summed E-state index contributed by atoms with van der Waals surface area (Å²) in [4.78, 5) is 18.8. The van der Waals surface area contributed by atoms with Crippen molar-refractivity contribution in [2.75, 3.05) is 17.8 Å². The maximum atomic E-state index is 13.1. The molecule has 8 nitrogen and oxygen atoms in total. The Hall–Kier alpha value is -2.91. The first kappa shape index (κ1) is 23.3. The van der Waals surface area contributed by atoms with Gasteiger partial charge in [0.05, 0.1) is 10.6 Å². The molecule has 0 aliphatic carbocycles. The summed E-state index contributed by atoms with van der Waals surface area (Å²) in [6.07, 6.45) is 4.10. The number of anilines is 1. The van der Waals surface area contributed by atoms with Crippen LogP contribution in [0, 0.1) is 13.8 Å². The second kappa shape index (κ2) is 9.52. The molecule has 0 spiro atoms. The molecule has 1 aliphatic rings. The van der Waals surface area contributed by atoms with Gasteiger partial charge in [-0.1, -0.05) is 41.7 Å². The summed E-state index contributed by atoms with van der Waals surface area (Å²) < 4.78 is 34.1. The topological polar surface area (TPSA) is 105 Å². The van der Waals surface area contributed by atoms with Crippen LogP contribution in [0.4, 0.5) is 5.69 Å². The standard InChI is InChI=1S/C23H25ClN4O4S/c1-15-7-8-17(14-20(15)33(30,31)27-19-10-9-18(24)13-16(19)2)21-25-22(32-26-21)23(29)28-11-5-3-4-6-12-28/h7-10,13-14,27H,3-6,11-12H2,1-2H3. The number of amides is 1. The summed E-state index contributed by atoms with van der Waals surface area (Å²) in [5.41, 5.74) is 2.14. The van der Waals surface area contributed by atoms with Crippen LogP contribution in [0.1, 0.15) is 47.5 Å². The van der Waals surface area contributed by atoms with Crippen LogP contribution in [-0.4, -0.2) is 42.5 Å². The minimum absolute atomic E-state index is 0.0829. The van der Waals surface area contributed by atoms with Gasteiger partial charge < -0.3 is 9.42 Å². The minimum atomic E-state index is -3.89. The Labute approximate surface area is 198 Å². The van der Waals surface area contributed by atoms with Crippen LogP contribution in [0.25, 0.3) is 11.4 Å². The Bertz CT molecular complexity index is 1280. The zero-order chi connectivity index (χ0) is 23.6. The van der Waals surface area contributed by atoms with Crippen LogP contribution in [0.3, 0.4) is 0 Å². The second-order valence-electron chi connectivity index (χ2n) is 8.17. The first-order chi connectivity index (χ1) is 15.7. The summed E-state index contributed by atoms with van der Waals surface area (Å²) in [7, 11) is -3.89. The highest BCUT2D eigenvalue weighted by atomic mass is 35.5. The lowest BCUT2D eigenvalue weighted by molar-refractivity contribution is 0.0711. The number of nitrogens with zero attached hydrogens (tertiary/aromatic N) is 3. The van der Waals surface area contributed by atoms with Gasteiger partial charge in [-0.15, -0.1) is 0 Å². The molecule has 1 saturated heterocycles. The van der Waals surface area contributed by atoms with E-state index in [1.807, 2.05) is 0 Å². The van der Waals surface area contributed by atoms with Gasteiger partial charge in [-0.2, -0.15) is 4.98 Å². The Morgan fingerprint density at radius 1 is 1.03 bits per heavy atom. The molecule has 3 aromatic rings. The predicted molar refractivity (Wildman–Crippen MR) is 126 cm³/mol. The predicted octanol–water partition coefficient (Wildman–Crippen LogP) is 4.82. The highest BCUT2D eigenvalue weighted by Crippen LogP contribution is 2.27. The van der Waals surface area contributed by atoms with E-state index in [1.165, 1.54) is 6.07 Å². The number of aromatic nitrogens is 2. The molecule has 0 unspecified atom stereocenters. The number of carbonyl (C=O) groups is 1. The molecule has 0 saturated carbocycles. The van der Waals surface area contributed by atoms with Gasteiger partial charge in [-0.25, -0.2) is 8.42 Å². The number of nitrogens with one attached hydrogen (secondary N) is 1. The summed E-state index contributed by atoms with van der Waals surface area (Å²) >= 11 is 5.97. The molecule has 4 rings (SSSR count). The molecule has 33 heavy (non-hydrogen) atoms. The van der Waals surface area contributed by atoms with Crippen LogP contribution in [0.2, 0.25) is 5.02 Å². The van der Waals surface area contributed by atoms with Gasteiger partial charge in [0, 0.05) is 23.7 Å².